The zero-order valence-corrected chi connectivity index (χ0v) is 11.4. The standard InChI is InChI=1S/C13H13N5O2/c1-12(2,3)13(8-14,9-15)17-16-10-4-6-11(7-5-10)18(19)20/h4-7H,1-3H3. The van der Waals surface area contributed by atoms with Crippen LogP contribution in [0.3, 0.4) is 0 Å². The lowest BCUT2D eigenvalue weighted by atomic mass is 9.76. The van der Waals surface area contributed by atoms with E-state index in [0.717, 1.165) is 0 Å². The average molecular weight is 271 g/mol. The van der Waals surface area contributed by atoms with Gasteiger partial charge >= 0.3 is 0 Å². The van der Waals surface area contributed by atoms with E-state index in [4.69, 9.17) is 0 Å². The van der Waals surface area contributed by atoms with Crippen LogP contribution in [0.25, 0.3) is 0 Å². The first-order chi connectivity index (χ1) is 9.25. The van der Waals surface area contributed by atoms with Crippen LogP contribution in [-0.2, 0) is 0 Å². The second-order valence-electron chi connectivity index (χ2n) is 5.16. The van der Waals surface area contributed by atoms with E-state index < -0.39 is 15.9 Å². The molecule has 0 spiro atoms. The molecule has 0 aliphatic heterocycles. The Morgan fingerprint density at radius 2 is 1.65 bits per heavy atom. The van der Waals surface area contributed by atoms with Gasteiger partial charge in [-0.2, -0.15) is 20.8 Å². The second-order valence-corrected chi connectivity index (χ2v) is 5.16. The Labute approximate surface area is 116 Å². The Morgan fingerprint density at radius 1 is 1.15 bits per heavy atom. The monoisotopic (exact) mass is 271 g/mol. The van der Waals surface area contributed by atoms with E-state index in [1.165, 1.54) is 24.3 Å². The summed E-state index contributed by atoms with van der Waals surface area (Å²) in [7, 11) is 0. The Morgan fingerprint density at radius 3 is 2.00 bits per heavy atom. The summed E-state index contributed by atoms with van der Waals surface area (Å²) in [6, 6.07) is 9.13. The molecule has 0 saturated carbocycles. The molecule has 0 N–H and O–H groups in total. The smallest absolute Gasteiger partial charge is 0.258 e. The molecule has 1 aromatic rings. The van der Waals surface area contributed by atoms with E-state index >= 15 is 0 Å². The van der Waals surface area contributed by atoms with Gasteiger partial charge in [0.25, 0.3) is 11.2 Å². The quantitative estimate of drug-likeness (QED) is 0.475. The number of azo groups is 1. The minimum Gasteiger partial charge on any atom is -0.258 e. The summed E-state index contributed by atoms with van der Waals surface area (Å²) in [5.74, 6) is 0. The lowest BCUT2D eigenvalue weighted by Gasteiger charge is -2.27. The van der Waals surface area contributed by atoms with Crippen LogP contribution in [0, 0.1) is 38.2 Å². The fourth-order valence-corrected chi connectivity index (χ4v) is 1.33. The Hall–Kier alpha value is -2.80. The van der Waals surface area contributed by atoms with E-state index in [2.05, 4.69) is 10.2 Å². The Bertz CT molecular complexity index is 600. The number of nitro benzene ring substituents is 1. The van der Waals surface area contributed by atoms with Gasteiger partial charge in [-0.25, -0.2) is 0 Å². The summed E-state index contributed by atoms with van der Waals surface area (Å²) in [6.45, 7) is 5.15. The molecule has 7 heteroatoms. The summed E-state index contributed by atoms with van der Waals surface area (Å²) >= 11 is 0. The van der Waals surface area contributed by atoms with Crippen LogP contribution in [0.4, 0.5) is 11.4 Å². The summed E-state index contributed by atoms with van der Waals surface area (Å²) < 4.78 is 0. The van der Waals surface area contributed by atoms with Crippen molar-refractivity contribution in [2.24, 2.45) is 15.6 Å². The molecule has 0 bridgehead atoms. The van der Waals surface area contributed by atoms with Crippen molar-refractivity contribution in [1.29, 1.82) is 10.5 Å². The molecular formula is C13H13N5O2. The number of nitriles is 2. The fourth-order valence-electron chi connectivity index (χ4n) is 1.33. The van der Waals surface area contributed by atoms with Gasteiger partial charge in [-0.3, -0.25) is 10.1 Å². The molecular weight excluding hydrogens is 258 g/mol. The van der Waals surface area contributed by atoms with Crippen molar-refractivity contribution in [3.05, 3.63) is 34.4 Å². The zero-order valence-electron chi connectivity index (χ0n) is 11.4. The Kier molecular flexibility index (Phi) is 4.16. The zero-order chi connectivity index (χ0) is 15.4. The minimum absolute atomic E-state index is 0.0633. The van der Waals surface area contributed by atoms with Gasteiger partial charge in [0.15, 0.2) is 0 Å². The third-order valence-corrected chi connectivity index (χ3v) is 2.79. The molecule has 0 amide bonds. The van der Waals surface area contributed by atoms with Crippen molar-refractivity contribution in [2.45, 2.75) is 26.3 Å². The summed E-state index contributed by atoms with van der Waals surface area (Å²) in [5.41, 5.74) is -2.03. The molecule has 0 heterocycles. The topological polar surface area (TPSA) is 115 Å². The highest BCUT2D eigenvalue weighted by atomic mass is 16.6. The largest absolute Gasteiger partial charge is 0.269 e. The number of nitro groups is 1. The third-order valence-electron chi connectivity index (χ3n) is 2.79. The lowest BCUT2D eigenvalue weighted by Crippen LogP contribution is -2.37. The molecule has 102 valence electrons. The van der Waals surface area contributed by atoms with Gasteiger partial charge in [0, 0.05) is 17.5 Å². The fraction of sp³-hybridized carbons (Fsp3) is 0.385. The van der Waals surface area contributed by atoms with Gasteiger partial charge in [0.2, 0.25) is 0 Å². The van der Waals surface area contributed by atoms with Crippen LogP contribution in [0.2, 0.25) is 0 Å². The van der Waals surface area contributed by atoms with Crippen LogP contribution in [0.5, 0.6) is 0 Å². The van der Waals surface area contributed by atoms with Crippen molar-refractivity contribution in [3.8, 4) is 12.1 Å². The number of hydrogen-bond acceptors (Lipinski definition) is 6. The van der Waals surface area contributed by atoms with E-state index in [1.807, 2.05) is 12.1 Å². The van der Waals surface area contributed by atoms with Crippen molar-refractivity contribution >= 4 is 11.4 Å². The van der Waals surface area contributed by atoms with Gasteiger partial charge in [-0.1, -0.05) is 20.8 Å². The number of non-ortho nitro benzene ring substituents is 1. The molecule has 20 heavy (non-hydrogen) atoms. The molecule has 7 nitrogen and oxygen atoms in total. The van der Waals surface area contributed by atoms with Gasteiger partial charge < -0.3 is 0 Å². The highest BCUT2D eigenvalue weighted by Gasteiger charge is 2.43. The van der Waals surface area contributed by atoms with Crippen LogP contribution >= 0.6 is 0 Å². The molecule has 0 fully saturated rings. The Balaban J connectivity index is 3.11. The van der Waals surface area contributed by atoms with Crippen LogP contribution < -0.4 is 0 Å². The lowest BCUT2D eigenvalue weighted by molar-refractivity contribution is -0.384. The van der Waals surface area contributed by atoms with Crippen molar-refractivity contribution in [2.75, 3.05) is 0 Å². The van der Waals surface area contributed by atoms with Crippen molar-refractivity contribution in [3.63, 3.8) is 0 Å². The molecule has 0 aromatic heterocycles. The van der Waals surface area contributed by atoms with Crippen LogP contribution in [0.15, 0.2) is 34.5 Å². The van der Waals surface area contributed by atoms with Crippen molar-refractivity contribution in [1.82, 2.24) is 0 Å². The van der Waals surface area contributed by atoms with Gasteiger partial charge in [-0.15, -0.1) is 0 Å². The first-order valence-electron chi connectivity index (χ1n) is 5.75. The number of benzene rings is 1. The molecule has 0 aliphatic carbocycles. The van der Waals surface area contributed by atoms with E-state index in [9.17, 15) is 20.6 Å². The minimum atomic E-state index is -1.60. The molecule has 0 saturated heterocycles. The summed E-state index contributed by atoms with van der Waals surface area (Å²) in [4.78, 5) is 10.00. The van der Waals surface area contributed by atoms with Crippen LogP contribution in [0.1, 0.15) is 20.8 Å². The summed E-state index contributed by atoms with van der Waals surface area (Å²) in [5, 5.41) is 36.6. The van der Waals surface area contributed by atoms with E-state index in [-0.39, 0.29) is 5.69 Å². The van der Waals surface area contributed by atoms with Crippen LogP contribution in [-0.4, -0.2) is 10.5 Å². The van der Waals surface area contributed by atoms with E-state index in [0.29, 0.717) is 5.69 Å². The average Bonchev–Trinajstić information content (AvgIpc) is 2.39. The normalized spacial score (nSPS) is 11.8. The number of rotatable bonds is 3. The van der Waals surface area contributed by atoms with Gasteiger partial charge in [0.05, 0.1) is 10.6 Å². The third kappa shape index (κ3) is 2.96. The SMILES string of the molecule is CC(C)(C)C(C#N)(C#N)N=Nc1ccc([N+](=O)[O-])cc1. The highest BCUT2D eigenvalue weighted by Crippen LogP contribution is 2.34. The predicted octanol–water partition coefficient (Wildman–Crippen LogP) is 3.51. The predicted molar refractivity (Wildman–Crippen MR) is 71.0 cm³/mol. The molecule has 1 aromatic carbocycles. The first-order valence-corrected chi connectivity index (χ1v) is 5.75. The molecule has 0 aliphatic rings. The summed E-state index contributed by atoms with van der Waals surface area (Å²) in [6.07, 6.45) is 0. The second kappa shape index (κ2) is 5.45. The molecule has 1 rings (SSSR count). The highest BCUT2D eigenvalue weighted by molar-refractivity contribution is 5.44. The molecule has 0 unspecified atom stereocenters. The molecule has 0 atom stereocenters. The van der Waals surface area contributed by atoms with Gasteiger partial charge in [0.1, 0.15) is 12.1 Å². The number of hydrogen-bond donors (Lipinski definition) is 0. The molecule has 0 radical (unpaired) electrons. The van der Waals surface area contributed by atoms with Gasteiger partial charge in [-0.05, 0) is 12.1 Å². The number of nitrogens with zero attached hydrogens (tertiary/aromatic N) is 5. The maximum atomic E-state index is 10.5. The van der Waals surface area contributed by atoms with E-state index in [1.54, 1.807) is 20.8 Å². The first kappa shape index (κ1) is 15.3. The maximum absolute atomic E-state index is 10.5. The van der Waals surface area contributed by atoms with Crippen molar-refractivity contribution < 1.29 is 4.92 Å². The maximum Gasteiger partial charge on any atom is 0.269 e.